The van der Waals surface area contributed by atoms with E-state index in [2.05, 4.69) is 50.3 Å². The SMILES string of the molecule is CCC(NCC(C)N(C)C)c1ccc(OC)cc1. The van der Waals surface area contributed by atoms with E-state index < -0.39 is 0 Å². The highest BCUT2D eigenvalue weighted by molar-refractivity contribution is 5.29. The van der Waals surface area contributed by atoms with E-state index in [4.69, 9.17) is 4.74 Å². The van der Waals surface area contributed by atoms with Gasteiger partial charge in [-0.2, -0.15) is 0 Å². The van der Waals surface area contributed by atoms with Crippen LogP contribution in [-0.4, -0.2) is 38.7 Å². The Morgan fingerprint density at radius 1 is 1.22 bits per heavy atom. The Balaban J connectivity index is 2.59. The topological polar surface area (TPSA) is 24.5 Å². The molecule has 3 nitrogen and oxygen atoms in total. The van der Waals surface area contributed by atoms with Crippen molar-refractivity contribution in [1.82, 2.24) is 10.2 Å². The second-order valence-electron chi connectivity index (χ2n) is 4.95. The molecule has 1 aromatic rings. The van der Waals surface area contributed by atoms with Gasteiger partial charge >= 0.3 is 0 Å². The number of likely N-dealkylation sites (N-methyl/N-ethyl adjacent to an activating group) is 1. The lowest BCUT2D eigenvalue weighted by molar-refractivity contribution is 0.292. The molecule has 0 aliphatic rings. The van der Waals surface area contributed by atoms with Crippen LogP contribution in [0, 0.1) is 0 Å². The van der Waals surface area contributed by atoms with Gasteiger partial charge in [-0.05, 0) is 45.1 Å². The Kier molecular flexibility index (Phi) is 6.16. The average Bonchev–Trinajstić information content (AvgIpc) is 2.39. The van der Waals surface area contributed by atoms with Crippen LogP contribution in [0.3, 0.4) is 0 Å². The molecule has 102 valence electrons. The third-order valence-corrected chi connectivity index (χ3v) is 3.47. The Bertz CT molecular complexity index is 335. The first kappa shape index (κ1) is 15.0. The summed E-state index contributed by atoms with van der Waals surface area (Å²) in [5.74, 6) is 0.912. The lowest BCUT2D eigenvalue weighted by atomic mass is 10.0. The van der Waals surface area contributed by atoms with E-state index in [9.17, 15) is 0 Å². The molecule has 0 amide bonds. The highest BCUT2D eigenvalue weighted by Crippen LogP contribution is 2.20. The molecule has 0 bridgehead atoms. The Labute approximate surface area is 111 Å². The van der Waals surface area contributed by atoms with Gasteiger partial charge in [0.2, 0.25) is 0 Å². The van der Waals surface area contributed by atoms with Gasteiger partial charge in [0.05, 0.1) is 7.11 Å². The molecule has 0 saturated heterocycles. The molecule has 1 N–H and O–H groups in total. The van der Waals surface area contributed by atoms with Crippen LogP contribution in [0.25, 0.3) is 0 Å². The molecular weight excluding hydrogens is 224 g/mol. The van der Waals surface area contributed by atoms with Gasteiger partial charge in [-0.15, -0.1) is 0 Å². The summed E-state index contributed by atoms with van der Waals surface area (Å²) in [7, 11) is 5.92. The predicted octanol–water partition coefficient (Wildman–Crippen LogP) is 2.69. The van der Waals surface area contributed by atoms with Gasteiger partial charge in [-0.25, -0.2) is 0 Å². The van der Waals surface area contributed by atoms with Crippen LogP contribution < -0.4 is 10.1 Å². The van der Waals surface area contributed by atoms with E-state index in [-0.39, 0.29) is 0 Å². The molecule has 0 aromatic heterocycles. The lowest BCUT2D eigenvalue weighted by Crippen LogP contribution is -2.37. The molecule has 0 radical (unpaired) electrons. The van der Waals surface area contributed by atoms with Crippen molar-refractivity contribution >= 4 is 0 Å². The molecule has 0 fully saturated rings. The number of ether oxygens (including phenoxy) is 1. The summed E-state index contributed by atoms with van der Waals surface area (Å²) in [5.41, 5.74) is 1.32. The minimum absolute atomic E-state index is 0.415. The molecule has 0 saturated carbocycles. The summed E-state index contributed by atoms with van der Waals surface area (Å²) in [6, 6.07) is 9.28. The Hall–Kier alpha value is -1.06. The van der Waals surface area contributed by atoms with Crippen LogP contribution in [0.4, 0.5) is 0 Å². The summed E-state index contributed by atoms with van der Waals surface area (Å²) < 4.78 is 5.19. The number of nitrogens with zero attached hydrogens (tertiary/aromatic N) is 1. The molecule has 0 spiro atoms. The maximum Gasteiger partial charge on any atom is 0.118 e. The Morgan fingerprint density at radius 2 is 1.83 bits per heavy atom. The number of benzene rings is 1. The van der Waals surface area contributed by atoms with E-state index in [0.717, 1.165) is 18.7 Å². The molecule has 0 aliphatic heterocycles. The zero-order valence-corrected chi connectivity index (χ0v) is 12.2. The fourth-order valence-corrected chi connectivity index (χ4v) is 1.83. The highest BCUT2D eigenvalue weighted by atomic mass is 16.5. The first-order valence-electron chi connectivity index (χ1n) is 6.62. The number of hydrogen-bond donors (Lipinski definition) is 1. The zero-order chi connectivity index (χ0) is 13.5. The van der Waals surface area contributed by atoms with Gasteiger partial charge < -0.3 is 15.0 Å². The Morgan fingerprint density at radius 3 is 2.28 bits per heavy atom. The van der Waals surface area contributed by atoms with Crippen molar-refractivity contribution < 1.29 is 4.74 Å². The summed E-state index contributed by atoms with van der Waals surface area (Å²) in [6.07, 6.45) is 1.09. The summed E-state index contributed by atoms with van der Waals surface area (Å²) in [6.45, 7) is 5.44. The fraction of sp³-hybridized carbons (Fsp3) is 0.600. The van der Waals surface area contributed by atoms with Crippen LogP contribution in [0.2, 0.25) is 0 Å². The lowest BCUT2D eigenvalue weighted by Gasteiger charge is -2.24. The van der Waals surface area contributed by atoms with E-state index in [1.807, 2.05) is 12.1 Å². The molecule has 0 aliphatic carbocycles. The van der Waals surface area contributed by atoms with Crippen molar-refractivity contribution in [3.05, 3.63) is 29.8 Å². The average molecular weight is 250 g/mol. The maximum atomic E-state index is 5.19. The van der Waals surface area contributed by atoms with Crippen LogP contribution in [0.5, 0.6) is 5.75 Å². The second kappa shape index (κ2) is 7.39. The van der Waals surface area contributed by atoms with Crippen molar-refractivity contribution in [2.75, 3.05) is 27.7 Å². The number of hydrogen-bond acceptors (Lipinski definition) is 3. The quantitative estimate of drug-likeness (QED) is 0.805. The van der Waals surface area contributed by atoms with Gasteiger partial charge in [-0.3, -0.25) is 0 Å². The van der Waals surface area contributed by atoms with Gasteiger partial charge in [0.25, 0.3) is 0 Å². The van der Waals surface area contributed by atoms with Crippen LogP contribution in [0.15, 0.2) is 24.3 Å². The predicted molar refractivity (Wildman–Crippen MR) is 77.2 cm³/mol. The minimum atomic E-state index is 0.415. The molecule has 18 heavy (non-hydrogen) atoms. The highest BCUT2D eigenvalue weighted by Gasteiger charge is 2.11. The molecule has 2 atom stereocenters. The largest absolute Gasteiger partial charge is 0.497 e. The van der Waals surface area contributed by atoms with Crippen molar-refractivity contribution in [3.63, 3.8) is 0 Å². The maximum absolute atomic E-state index is 5.19. The normalized spacial score (nSPS) is 14.6. The second-order valence-corrected chi connectivity index (χ2v) is 4.95. The van der Waals surface area contributed by atoms with E-state index in [1.54, 1.807) is 7.11 Å². The molecular formula is C15H26N2O. The molecule has 1 aromatic carbocycles. The third-order valence-electron chi connectivity index (χ3n) is 3.47. The molecule has 1 rings (SSSR count). The number of nitrogens with one attached hydrogen (secondary N) is 1. The van der Waals surface area contributed by atoms with Crippen molar-refractivity contribution in [2.24, 2.45) is 0 Å². The van der Waals surface area contributed by atoms with Gasteiger partial charge in [0, 0.05) is 18.6 Å². The number of rotatable bonds is 7. The first-order valence-corrected chi connectivity index (χ1v) is 6.62. The van der Waals surface area contributed by atoms with Gasteiger partial charge in [0.1, 0.15) is 5.75 Å². The minimum Gasteiger partial charge on any atom is -0.497 e. The number of methoxy groups -OCH3 is 1. The smallest absolute Gasteiger partial charge is 0.118 e. The molecule has 3 heteroatoms. The van der Waals surface area contributed by atoms with Crippen LogP contribution in [0.1, 0.15) is 31.9 Å². The monoisotopic (exact) mass is 250 g/mol. The van der Waals surface area contributed by atoms with E-state index in [0.29, 0.717) is 12.1 Å². The van der Waals surface area contributed by atoms with Crippen molar-refractivity contribution in [2.45, 2.75) is 32.4 Å². The summed E-state index contributed by atoms with van der Waals surface area (Å²) >= 11 is 0. The summed E-state index contributed by atoms with van der Waals surface area (Å²) in [4.78, 5) is 2.23. The third kappa shape index (κ3) is 4.31. The van der Waals surface area contributed by atoms with Crippen LogP contribution >= 0.6 is 0 Å². The standard InChI is InChI=1S/C15H26N2O/c1-6-15(16-11-12(2)17(3)4)13-7-9-14(18-5)10-8-13/h7-10,12,15-16H,6,11H2,1-5H3. The van der Waals surface area contributed by atoms with Gasteiger partial charge in [0.15, 0.2) is 0 Å². The zero-order valence-electron chi connectivity index (χ0n) is 12.2. The fourth-order valence-electron chi connectivity index (χ4n) is 1.83. The van der Waals surface area contributed by atoms with Crippen molar-refractivity contribution in [1.29, 1.82) is 0 Å². The summed E-state index contributed by atoms with van der Waals surface area (Å²) in [5, 5.41) is 3.62. The first-order chi connectivity index (χ1) is 8.58. The van der Waals surface area contributed by atoms with Crippen LogP contribution in [-0.2, 0) is 0 Å². The molecule has 2 unspecified atom stereocenters. The van der Waals surface area contributed by atoms with Crippen molar-refractivity contribution in [3.8, 4) is 5.75 Å². The molecule has 0 heterocycles. The van der Waals surface area contributed by atoms with E-state index >= 15 is 0 Å². The van der Waals surface area contributed by atoms with E-state index in [1.165, 1.54) is 5.56 Å². The van der Waals surface area contributed by atoms with Gasteiger partial charge in [-0.1, -0.05) is 19.1 Å².